The van der Waals surface area contributed by atoms with Crippen LogP contribution in [-0.4, -0.2) is 22.2 Å². The van der Waals surface area contributed by atoms with Crippen molar-refractivity contribution in [3.8, 4) is 0 Å². The highest BCUT2D eigenvalue weighted by molar-refractivity contribution is 6.03. The summed E-state index contributed by atoms with van der Waals surface area (Å²) < 4.78 is 1.73. The molecular weight excluding hydrogens is 264 g/mol. The summed E-state index contributed by atoms with van der Waals surface area (Å²) in [6, 6.07) is 7.92. The molecule has 0 saturated heterocycles. The topological polar surface area (TPSA) is 59.0 Å². The van der Waals surface area contributed by atoms with Crippen LogP contribution in [0.15, 0.2) is 24.3 Å². The van der Waals surface area contributed by atoms with Gasteiger partial charge in [-0.2, -0.15) is 5.10 Å². The molecule has 2 N–H and O–H groups in total. The fourth-order valence-electron chi connectivity index (χ4n) is 2.79. The fraction of sp³-hybridized carbons (Fsp3) is 0.375. The van der Waals surface area contributed by atoms with Crippen LogP contribution >= 0.6 is 0 Å². The van der Waals surface area contributed by atoms with E-state index >= 15 is 0 Å². The molecule has 5 nitrogen and oxygen atoms in total. The highest BCUT2D eigenvalue weighted by Gasteiger charge is 2.17. The average Bonchev–Trinajstić information content (AvgIpc) is 2.89. The van der Waals surface area contributed by atoms with Gasteiger partial charge in [0, 0.05) is 18.8 Å². The van der Waals surface area contributed by atoms with E-state index in [1.54, 1.807) is 4.68 Å². The van der Waals surface area contributed by atoms with Gasteiger partial charge < -0.3 is 10.6 Å². The Morgan fingerprint density at radius 2 is 2.33 bits per heavy atom. The molecule has 0 radical (unpaired) electrons. The number of anilines is 1. The van der Waals surface area contributed by atoms with Crippen molar-refractivity contribution in [2.24, 2.45) is 0 Å². The van der Waals surface area contributed by atoms with Gasteiger partial charge in [-0.05, 0) is 50.1 Å². The molecule has 0 unspecified atom stereocenters. The van der Waals surface area contributed by atoms with Crippen LogP contribution in [0.1, 0.15) is 34.2 Å². The Hall–Kier alpha value is -2.14. The summed E-state index contributed by atoms with van der Waals surface area (Å²) >= 11 is 0. The molecule has 3 rings (SSSR count). The summed E-state index contributed by atoms with van der Waals surface area (Å²) in [6.45, 7) is 6.36. The molecule has 21 heavy (non-hydrogen) atoms. The van der Waals surface area contributed by atoms with Crippen LogP contribution in [0.25, 0.3) is 0 Å². The minimum atomic E-state index is -0.101. The van der Waals surface area contributed by atoms with Gasteiger partial charge in [-0.25, -0.2) is 0 Å². The number of hydrogen-bond acceptors (Lipinski definition) is 3. The zero-order valence-corrected chi connectivity index (χ0v) is 12.4. The molecule has 0 bridgehead atoms. The lowest BCUT2D eigenvalue weighted by atomic mass is 9.99. The molecule has 2 heterocycles. The second-order valence-corrected chi connectivity index (χ2v) is 5.31. The van der Waals surface area contributed by atoms with Gasteiger partial charge in [0.05, 0.1) is 5.69 Å². The summed E-state index contributed by atoms with van der Waals surface area (Å²) in [5.41, 5.74) is 4.87. The van der Waals surface area contributed by atoms with E-state index in [-0.39, 0.29) is 5.91 Å². The monoisotopic (exact) mass is 284 g/mol. The number of fused-ring (bicyclic) bond motifs is 1. The first kappa shape index (κ1) is 13.8. The van der Waals surface area contributed by atoms with Gasteiger partial charge in [0.15, 0.2) is 0 Å². The van der Waals surface area contributed by atoms with E-state index in [1.165, 1.54) is 11.1 Å². The van der Waals surface area contributed by atoms with Crippen molar-refractivity contribution >= 4 is 11.6 Å². The number of nitrogens with one attached hydrogen (secondary N) is 2. The molecule has 1 aliphatic heterocycles. The maximum Gasteiger partial charge on any atom is 0.273 e. The molecule has 0 fully saturated rings. The van der Waals surface area contributed by atoms with Crippen molar-refractivity contribution < 1.29 is 4.79 Å². The highest BCUT2D eigenvalue weighted by Crippen LogP contribution is 2.23. The molecule has 0 atom stereocenters. The van der Waals surface area contributed by atoms with E-state index in [2.05, 4.69) is 21.8 Å². The Labute approximate surface area is 124 Å². The fourth-order valence-corrected chi connectivity index (χ4v) is 2.79. The van der Waals surface area contributed by atoms with Crippen LogP contribution in [0.3, 0.4) is 0 Å². The third kappa shape index (κ3) is 2.69. The zero-order chi connectivity index (χ0) is 14.8. The third-order valence-corrected chi connectivity index (χ3v) is 3.83. The normalized spacial score (nSPS) is 13.8. The Kier molecular flexibility index (Phi) is 3.75. The molecule has 0 saturated carbocycles. The van der Waals surface area contributed by atoms with Crippen LogP contribution in [0.5, 0.6) is 0 Å². The first-order chi connectivity index (χ1) is 10.2. The maximum atomic E-state index is 12.5. The predicted molar refractivity (Wildman–Crippen MR) is 82.4 cm³/mol. The number of benzene rings is 1. The lowest BCUT2D eigenvalue weighted by Gasteiger charge is -2.20. The van der Waals surface area contributed by atoms with Gasteiger partial charge in [0.1, 0.15) is 5.69 Å². The number of nitrogens with zero attached hydrogens (tertiary/aromatic N) is 2. The van der Waals surface area contributed by atoms with E-state index in [9.17, 15) is 4.79 Å². The van der Waals surface area contributed by atoms with Gasteiger partial charge in [-0.3, -0.25) is 9.48 Å². The standard InChI is InChI=1S/C16H20N4O/c1-3-20-15(9-11(2)19-20)16(21)18-14-6-4-5-12-7-8-17-10-13(12)14/h4-6,9,17H,3,7-8,10H2,1-2H3,(H,18,21). The van der Waals surface area contributed by atoms with Crippen molar-refractivity contribution in [3.05, 3.63) is 46.8 Å². The van der Waals surface area contributed by atoms with Gasteiger partial charge in [0.25, 0.3) is 5.91 Å². The largest absolute Gasteiger partial charge is 0.320 e. The first-order valence-electron chi connectivity index (χ1n) is 7.36. The quantitative estimate of drug-likeness (QED) is 0.907. The Balaban J connectivity index is 1.88. The van der Waals surface area contributed by atoms with Crippen molar-refractivity contribution in [3.63, 3.8) is 0 Å². The lowest BCUT2D eigenvalue weighted by molar-refractivity contribution is 0.101. The van der Waals surface area contributed by atoms with E-state index in [0.717, 1.165) is 30.9 Å². The molecule has 1 aliphatic rings. The molecule has 1 aromatic carbocycles. The van der Waals surface area contributed by atoms with E-state index in [0.29, 0.717) is 12.2 Å². The summed E-state index contributed by atoms with van der Waals surface area (Å²) in [5, 5.41) is 10.7. The molecule has 1 amide bonds. The van der Waals surface area contributed by atoms with Crippen molar-refractivity contribution in [2.45, 2.75) is 33.4 Å². The SMILES string of the molecule is CCn1nc(C)cc1C(=O)Nc1cccc2c1CNCC2. The Morgan fingerprint density at radius 3 is 3.14 bits per heavy atom. The van der Waals surface area contributed by atoms with Crippen molar-refractivity contribution in [1.29, 1.82) is 0 Å². The van der Waals surface area contributed by atoms with E-state index in [4.69, 9.17) is 0 Å². The van der Waals surface area contributed by atoms with Crippen LogP contribution in [0, 0.1) is 6.92 Å². The maximum absolute atomic E-state index is 12.5. The minimum Gasteiger partial charge on any atom is -0.320 e. The Morgan fingerprint density at radius 1 is 1.48 bits per heavy atom. The van der Waals surface area contributed by atoms with E-state index < -0.39 is 0 Å². The van der Waals surface area contributed by atoms with Gasteiger partial charge >= 0.3 is 0 Å². The number of carbonyl (C=O) groups is 1. The van der Waals surface area contributed by atoms with Crippen LogP contribution in [0.2, 0.25) is 0 Å². The third-order valence-electron chi connectivity index (χ3n) is 3.83. The smallest absolute Gasteiger partial charge is 0.273 e. The van der Waals surface area contributed by atoms with Crippen LogP contribution in [0.4, 0.5) is 5.69 Å². The number of aromatic nitrogens is 2. The summed E-state index contributed by atoms with van der Waals surface area (Å²) in [5.74, 6) is -0.101. The molecule has 0 spiro atoms. The summed E-state index contributed by atoms with van der Waals surface area (Å²) in [4.78, 5) is 12.5. The lowest BCUT2D eigenvalue weighted by Crippen LogP contribution is -2.26. The van der Waals surface area contributed by atoms with Gasteiger partial charge in [-0.15, -0.1) is 0 Å². The predicted octanol–water partition coefficient (Wildman–Crippen LogP) is 2.11. The highest BCUT2D eigenvalue weighted by atomic mass is 16.2. The van der Waals surface area contributed by atoms with Crippen LogP contribution < -0.4 is 10.6 Å². The molecule has 2 aromatic rings. The van der Waals surface area contributed by atoms with Crippen molar-refractivity contribution in [2.75, 3.05) is 11.9 Å². The molecule has 5 heteroatoms. The second-order valence-electron chi connectivity index (χ2n) is 5.31. The number of aryl methyl sites for hydroxylation is 2. The summed E-state index contributed by atoms with van der Waals surface area (Å²) in [7, 11) is 0. The average molecular weight is 284 g/mol. The zero-order valence-electron chi connectivity index (χ0n) is 12.4. The number of carbonyl (C=O) groups excluding carboxylic acids is 1. The minimum absolute atomic E-state index is 0.101. The number of amides is 1. The van der Waals surface area contributed by atoms with Gasteiger partial charge in [0.2, 0.25) is 0 Å². The molecule has 0 aliphatic carbocycles. The number of hydrogen-bond donors (Lipinski definition) is 2. The Bertz CT molecular complexity index is 675. The molecule has 1 aromatic heterocycles. The molecule has 110 valence electrons. The van der Waals surface area contributed by atoms with E-state index in [1.807, 2.05) is 32.0 Å². The molecular formula is C16H20N4O. The van der Waals surface area contributed by atoms with Crippen molar-refractivity contribution in [1.82, 2.24) is 15.1 Å². The number of rotatable bonds is 3. The summed E-state index contributed by atoms with van der Waals surface area (Å²) in [6.07, 6.45) is 1.01. The van der Waals surface area contributed by atoms with Crippen LogP contribution in [-0.2, 0) is 19.5 Å². The first-order valence-corrected chi connectivity index (χ1v) is 7.36. The van der Waals surface area contributed by atoms with Gasteiger partial charge in [-0.1, -0.05) is 12.1 Å². The second kappa shape index (κ2) is 5.69.